The molecule has 0 aliphatic heterocycles. The Bertz CT molecular complexity index is 743. The van der Waals surface area contributed by atoms with Crippen molar-refractivity contribution in [3.8, 4) is 0 Å². The first kappa shape index (κ1) is 19.2. The molecule has 1 saturated carbocycles. The van der Waals surface area contributed by atoms with Gasteiger partial charge in [0.05, 0.1) is 0 Å². The summed E-state index contributed by atoms with van der Waals surface area (Å²) in [6, 6.07) is 7.79. The van der Waals surface area contributed by atoms with Gasteiger partial charge in [0.25, 0.3) is 0 Å². The Hall–Kier alpha value is -1.53. The van der Waals surface area contributed by atoms with Gasteiger partial charge in [-0.2, -0.15) is 0 Å². The fourth-order valence-electron chi connectivity index (χ4n) is 3.36. The normalized spacial score (nSPS) is 15.2. The highest BCUT2D eigenvalue weighted by molar-refractivity contribution is 7.98. The molecule has 0 atom stereocenters. The molecule has 1 aliphatic carbocycles. The molecule has 0 spiro atoms. The van der Waals surface area contributed by atoms with E-state index < -0.39 is 0 Å². The maximum atomic E-state index is 12.4. The molecule has 0 saturated heterocycles. The van der Waals surface area contributed by atoms with Crippen LogP contribution >= 0.6 is 23.4 Å². The van der Waals surface area contributed by atoms with Crippen molar-refractivity contribution in [3.05, 3.63) is 34.9 Å². The molecule has 0 radical (unpaired) electrons. The largest absolute Gasteiger partial charge is 0.295 e. The van der Waals surface area contributed by atoms with Gasteiger partial charge >= 0.3 is 0 Å². The second-order valence-electron chi connectivity index (χ2n) is 6.69. The Balaban J connectivity index is 1.60. The maximum Gasteiger partial charge on any atom is 0.231 e. The van der Waals surface area contributed by atoms with Crippen LogP contribution in [0.1, 0.15) is 51.0 Å². The van der Waals surface area contributed by atoms with Crippen LogP contribution in [0.3, 0.4) is 0 Å². The van der Waals surface area contributed by atoms with E-state index in [4.69, 9.17) is 11.6 Å². The molecule has 1 aliphatic rings. The third kappa shape index (κ3) is 5.01. The highest BCUT2D eigenvalue weighted by Gasteiger charge is 2.19. The minimum Gasteiger partial charge on any atom is -0.295 e. The van der Waals surface area contributed by atoms with Crippen molar-refractivity contribution in [1.29, 1.82) is 0 Å². The standard InChI is InChI=1S/C19H25ClN4OS/c1-2-24-18(21-17(25)12-14-8-4-3-5-9-14)22-23-19(24)26-13-15-10-6-7-11-16(15)20/h6-7,10-11,14H,2-5,8-9,12-13H2,1H3,(H,21,22,25). The minimum absolute atomic E-state index is 0.0432. The zero-order valence-corrected chi connectivity index (χ0v) is 16.7. The number of thioether (sulfide) groups is 1. The van der Waals surface area contributed by atoms with Gasteiger partial charge in [-0.3, -0.25) is 14.7 Å². The maximum absolute atomic E-state index is 12.4. The van der Waals surface area contributed by atoms with E-state index in [-0.39, 0.29) is 5.91 Å². The summed E-state index contributed by atoms with van der Waals surface area (Å²) in [4.78, 5) is 12.4. The van der Waals surface area contributed by atoms with E-state index in [1.165, 1.54) is 19.3 Å². The number of hydrogen-bond donors (Lipinski definition) is 1. The zero-order valence-electron chi connectivity index (χ0n) is 15.1. The second kappa shape index (κ2) is 9.42. The Morgan fingerprint density at radius 3 is 2.77 bits per heavy atom. The number of halogens is 1. The molecule has 1 heterocycles. The van der Waals surface area contributed by atoms with Gasteiger partial charge in [0, 0.05) is 23.7 Å². The number of benzene rings is 1. The van der Waals surface area contributed by atoms with Crippen LogP contribution in [0.25, 0.3) is 0 Å². The number of amides is 1. The first-order chi connectivity index (χ1) is 12.7. The molecule has 2 aromatic rings. The van der Waals surface area contributed by atoms with Gasteiger partial charge in [-0.05, 0) is 37.3 Å². The molecule has 1 N–H and O–H groups in total. The molecule has 7 heteroatoms. The Kier molecular flexibility index (Phi) is 6.97. The van der Waals surface area contributed by atoms with Crippen molar-refractivity contribution < 1.29 is 4.79 Å². The van der Waals surface area contributed by atoms with Crippen molar-refractivity contribution in [2.24, 2.45) is 5.92 Å². The summed E-state index contributed by atoms with van der Waals surface area (Å²) in [5.41, 5.74) is 1.06. The summed E-state index contributed by atoms with van der Waals surface area (Å²) >= 11 is 7.79. The smallest absolute Gasteiger partial charge is 0.231 e. The van der Waals surface area contributed by atoms with E-state index in [1.54, 1.807) is 11.8 Å². The summed E-state index contributed by atoms with van der Waals surface area (Å²) in [5.74, 6) is 1.81. The Morgan fingerprint density at radius 2 is 2.04 bits per heavy atom. The van der Waals surface area contributed by atoms with Gasteiger partial charge < -0.3 is 0 Å². The van der Waals surface area contributed by atoms with Crippen LogP contribution in [0.15, 0.2) is 29.4 Å². The SMILES string of the molecule is CCn1c(NC(=O)CC2CCCCC2)nnc1SCc1ccccc1Cl. The average Bonchev–Trinajstić information content (AvgIpc) is 3.03. The molecule has 26 heavy (non-hydrogen) atoms. The van der Waals surface area contributed by atoms with E-state index in [0.29, 0.717) is 30.6 Å². The number of hydrogen-bond acceptors (Lipinski definition) is 4. The number of rotatable bonds is 7. The van der Waals surface area contributed by atoms with Crippen LogP contribution in [0.4, 0.5) is 5.95 Å². The van der Waals surface area contributed by atoms with Gasteiger partial charge in [0.1, 0.15) is 0 Å². The van der Waals surface area contributed by atoms with Crippen LogP contribution in [0.2, 0.25) is 5.02 Å². The third-order valence-electron chi connectivity index (χ3n) is 4.80. The van der Waals surface area contributed by atoms with E-state index >= 15 is 0 Å². The molecule has 0 unspecified atom stereocenters. The van der Waals surface area contributed by atoms with E-state index in [0.717, 1.165) is 28.6 Å². The predicted octanol–water partition coefficient (Wildman–Crippen LogP) is 5.15. The van der Waals surface area contributed by atoms with Crippen molar-refractivity contribution in [2.75, 3.05) is 5.32 Å². The van der Waals surface area contributed by atoms with Crippen LogP contribution in [-0.4, -0.2) is 20.7 Å². The van der Waals surface area contributed by atoms with Crippen LogP contribution < -0.4 is 5.32 Å². The Morgan fingerprint density at radius 1 is 1.27 bits per heavy atom. The van der Waals surface area contributed by atoms with E-state index in [9.17, 15) is 4.79 Å². The van der Waals surface area contributed by atoms with Gasteiger partial charge in [0.15, 0.2) is 5.16 Å². The molecule has 1 aromatic carbocycles. The summed E-state index contributed by atoms with van der Waals surface area (Å²) in [6.45, 7) is 2.73. The highest BCUT2D eigenvalue weighted by Crippen LogP contribution is 2.28. The lowest BCUT2D eigenvalue weighted by Crippen LogP contribution is -2.20. The second-order valence-corrected chi connectivity index (χ2v) is 8.04. The van der Waals surface area contributed by atoms with Crippen LogP contribution in [0, 0.1) is 5.92 Å². The Labute approximate surface area is 163 Å². The quantitative estimate of drug-likeness (QED) is 0.661. The van der Waals surface area contributed by atoms with Gasteiger partial charge in [-0.25, -0.2) is 0 Å². The van der Waals surface area contributed by atoms with E-state index in [1.807, 2.05) is 35.8 Å². The van der Waals surface area contributed by atoms with Crippen molar-refractivity contribution >= 4 is 35.2 Å². The predicted molar refractivity (Wildman–Crippen MR) is 107 cm³/mol. The van der Waals surface area contributed by atoms with Crippen molar-refractivity contribution in [3.63, 3.8) is 0 Å². The summed E-state index contributed by atoms with van der Waals surface area (Å²) < 4.78 is 1.94. The molecule has 3 rings (SSSR count). The van der Waals surface area contributed by atoms with Crippen molar-refractivity contribution in [2.45, 2.75) is 62.9 Å². The minimum atomic E-state index is 0.0432. The average molecular weight is 393 g/mol. The monoisotopic (exact) mass is 392 g/mol. The third-order valence-corrected chi connectivity index (χ3v) is 6.18. The number of anilines is 1. The zero-order chi connectivity index (χ0) is 18.4. The number of carbonyl (C=O) groups is 1. The summed E-state index contributed by atoms with van der Waals surface area (Å²) in [7, 11) is 0. The van der Waals surface area contributed by atoms with Gasteiger partial charge in [0.2, 0.25) is 11.9 Å². The molecule has 1 amide bonds. The first-order valence-electron chi connectivity index (χ1n) is 9.26. The van der Waals surface area contributed by atoms with Crippen molar-refractivity contribution in [1.82, 2.24) is 14.8 Å². The summed E-state index contributed by atoms with van der Waals surface area (Å²) in [5, 5.41) is 12.9. The lowest BCUT2D eigenvalue weighted by Gasteiger charge is -2.20. The number of nitrogens with zero attached hydrogens (tertiary/aromatic N) is 3. The van der Waals surface area contributed by atoms with Crippen LogP contribution in [-0.2, 0) is 17.1 Å². The lowest BCUT2D eigenvalue weighted by molar-refractivity contribution is -0.117. The molecule has 0 bridgehead atoms. The molecular formula is C19H25ClN4OS. The van der Waals surface area contributed by atoms with Gasteiger partial charge in [-0.15, -0.1) is 10.2 Å². The lowest BCUT2D eigenvalue weighted by atomic mass is 9.87. The van der Waals surface area contributed by atoms with Crippen LogP contribution in [0.5, 0.6) is 0 Å². The van der Waals surface area contributed by atoms with E-state index in [2.05, 4.69) is 15.5 Å². The fourth-order valence-corrected chi connectivity index (χ4v) is 4.65. The molecule has 140 valence electrons. The first-order valence-corrected chi connectivity index (χ1v) is 10.6. The molecule has 1 fully saturated rings. The molecular weight excluding hydrogens is 368 g/mol. The number of aromatic nitrogens is 3. The number of nitrogens with one attached hydrogen (secondary N) is 1. The highest BCUT2D eigenvalue weighted by atomic mass is 35.5. The summed E-state index contributed by atoms with van der Waals surface area (Å²) in [6.07, 6.45) is 6.68. The number of carbonyl (C=O) groups excluding carboxylic acids is 1. The topological polar surface area (TPSA) is 59.8 Å². The fraction of sp³-hybridized carbons (Fsp3) is 0.526. The van der Waals surface area contributed by atoms with Gasteiger partial charge in [-0.1, -0.05) is 60.8 Å². The molecule has 1 aromatic heterocycles. The molecule has 5 nitrogen and oxygen atoms in total.